The summed E-state index contributed by atoms with van der Waals surface area (Å²) in [5, 5.41) is 4.31. The van der Waals surface area contributed by atoms with Crippen LogP contribution in [0.5, 0.6) is 0 Å². The van der Waals surface area contributed by atoms with Crippen LogP contribution in [-0.4, -0.2) is 16.3 Å². The molecule has 3 heteroatoms. The van der Waals surface area contributed by atoms with Crippen molar-refractivity contribution in [2.45, 2.75) is 26.8 Å². The first-order valence-corrected chi connectivity index (χ1v) is 4.01. The Morgan fingerprint density at radius 1 is 1.64 bits per heavy atom. The van der Waals surface area contributed by atoms with Crippen molar-refractivity contribution in [1.82, 2.24) is 9.78 Å². The molecule has 1 heterocycles. The molecule has 0 fully saturated rings. The molecule has 0 saturated heterocycles. The Balaban J connectivity index is 2.83. The molecule has 0 aliphatic rings. The average molecular weight is 153 g/mol. The Hall–Kier alpha value is -0.830. The molecule has 0 unspecified atom stereocenters. The molecular formula is C8H15N3. The second-order valence-corrected chi connectivity index (χ2v) is 2.64. The van der Waals surface area contributed by atoms with Gasteiger partial charge < -0.3 is 5.73 Å². The number of rotatable bonds is 3. The number of nitrogens with two attached hydrogens (primary N) is 1. The fourth-order valence-electron chi connectivity index (χ4n) is 1.20. The molecule has 1 aromatic rings. The fraction of sp³-hybridized carbons (Fsp3) is 0.625. The van der Waals surface area contributed by atoms with E-state index in [9.17, 15) is 0 Å². The average Bonchev–Trinajstić information content (AvgIpc) is 2.32. The largest absolute Gasteiger partial charge is 0.329 e. The first-order valence-electron chi connectivity index (χ1n) is 4.01. The van der Waals surface area contributed by atoms with Crippen LogP contribution in [0.4, 0.5) is 0 Å². The van der Waals surface area contributed by atoms with Crippen molar-refractivity contribution in [2.24, 2.45) is 5.73 Å². The predicted octanol–water partition coefficient (Wildman–Crippen LogP) is 0.713. The molecular weight excluding hydrogens is 138 g/mol. The molecule has 1 aromatic heterocycles. The van der Waals surface area contributed by atoms with Crippen molar-refractivity contribution in [1.29, 1.82) is 0 Å². The number of hydrogen-bond donors (Lipinski definition) is 1. The Labute approximate surface area is 67.2 Å². The SMILES string of the molecule is CCc1cc(C)nn1CCN. The summed E-state index contributed by atoms with van der Waals surface area (Å²) < 4.78 is 1.98. The van der Waals surface area contributed by atoms with E-state index in [0.29, 0.717) is 6.54 Å². The van der Waals surface area contributed by atoms with Gasteiger partial charge in [-0.25, -0.2) is 0 Å². The number of aryl methyl sites for hydroxylation is 2. The minimum absolute atomic E-state index is 0.661. The van der Waals surface area contributed by atoms with Crippen LogP contribution in [-0.2, 0) is 13.0 Å². The second kappa shape index (κ2) is 3.53. The Bertz CT molecular complexity index is 227. The molecule has 11 heavy (non-hydrogen) atoms. The van der Waals surface area contributed by atoms with Gasteiger partial charge >= 0.3 is 0 Å². The third-order valence-corrected chi connectivity index (χ3v) is 1.69. The zero-order chi connectivity index (χ0) is 8.27. The first kappa shape index (κ1) is 8.27. The van der Waals surface area contributed by atoms with E-state index >= 15 is 0 Å². The standard InChI is InChI=1S/C8H15N3/c1-3-8-6-7(2)10-11(8)5-4-9/h6H,3-5,9H2,1-2H3. The minimum Gasteiger partial charge on any atom is -0.329 e. The van der Waals surface area contributed by atoms with Crippen molar-refractivity contribution in [3.8, 4) is 0 Å². The van der Waals surface area contributed by atoms with Gasteiger partial charge in [-0.15, -0.1) is 0 Å². The minimum atomic E-state index is 0.661. The maximum absolute atomic E-state index is 5.43. The van der Waals surface area contributed by atoms with Gasteiger partial charge in [0.1, 0.15) is 0 Å². The van der Waals surface area contributed by atoms with Crippen LogP contribution in [0.25, 0.3) is 0 Å². The molecule has 0 aliphatic heterocycles. The van der Waals surface area contributed by atoms with E-state index in [4.69, 9.17) is 5.73 Å². The Morgan fingerprint density at radius 3 is 2.91 bits per heavy atom. The summed E-state index contributed by atoms with van der Waals surface area (Å²) in [5.41, 5.74) is 7.78. The summed E-state index contributed by atoms with van der Waals surface area (Å²) in [6.45, 7) is 5.63. The van der Waals surface area contributed by atoms with Gasteiger partial charge in [-0.3, -0.25) is 4.68 Å². The maximum atomic E-state index is 5.43. The van der Waals surface area contributed by atoms with Gasteiger partial charge in [0, 0.05) is 12.2 Å². The van der Waals surface area contributed by atoms with E-state index < -0.39 is 0 Å². The molecule has 0 bridgehead atoms. The van der Waals surface area contributed by atoms with E-state index in [1.165, 1.54) is 5.69 Å². The third kappa shape index (κ3) is 1.80. The van der Waals surface area contributed by atoms with Crippen LogP contribution in [0.15, 0.2) is 6.07 Å². The van der Waals surface area contributed by atoms with Crippen LogP contribution < -0.4 is 5.73 Å². The number of aromatic nitrogens is 2. The molecule has 0 spiro atoms. The molecule has 0 aromatic carbocycles. The van der Waals surface area contributed by atoms with Gasteiger partial charge in [0.2, 0.25) is 0 Å². The van der Waals surface area contributed by atoms with Crippen molar-refractivity contribution < 1.29 is 0 Å². The van der Waals surface area contributed by atoms with Crippen molar-refractivity contribution in [3.05, 3.63) is 17.5 Å². The normalized spacial score (nSPS) is 10.5. The van der Waals surface area contributed by atoms with Gasteiger partial charge in [-0.05, 0) is 19.4 Å². The molecule has 0 aliphatic carbocycles. The summed E-state index contributed by atoms with van der Waals surface area (Å²) in [5.74, 6) is 0. The lowest BCUT2D eigenvalue weighted by Gasteiger charge is -2.01. The lowest BCUT2D eigenvalue weighted by atomic mass is 10.3. The maximum Gasteiger partial charge on any atom is 0.0596 e. The highest BCUT2D eigenvalue weighted by atomic mass is 15.3. The van der Waals surface area contributed by atoms with Crippen molar-refractivity contribution in [3.63, 3.8) is 0 Å². The van der Waals surface area contributed by atoms with Gasteiger partial charge in [-0.1, -0.05) is 6.92 Å². The van der Waals surface area contributed by atoms with Crippen LogP contribution in [0.2, 0.25) is 0 Å². The summed E-state index contributed by atoms with van der Waals surface area (Å²) in [6.07, 6.45) is 1.03. The molecule has 3 nitrogen and oxygen atoms in total. The van der Waals surface area contributed by atoms with E-state index in [1.54, 1.807) is 0 Å². The second-order valence-electron chi connectivity index (χ2n) is 2.64. The number of nitrogens with zero attached hydrogens (tertiary/aromatic N) is 2. The van der Waals surface area contributed by atoms with Gasteiger partial charge in [0.15, 0.2) is 0 Å². The first-order chi connectivity index (χ1) is 5.27. The summed E-state index contributed by atoms with van der Waals surface area (Å²) >= 11 is 0. The topological polar surface area (TPSA) is 43.8 Å². The van der Waals surface area contributed by atoms with Gasteiger partial charge in [-0.2, -0.15) is 5.10 Å². The van der Waals surface area contributed by atoms with Crippen LogP contribution in [0.1, 0.15) is 18.3 Å². The Kier molecular flexibility index (Phi) is 2.65. The van der Waals surface area contributed by atoms with E-state index in [2.05, 4.69) is 18.1 Å². The highest BCUT2D eigenvalue weighted by Gasteiger charge is 2.00. The van der Waals surface area contributed by atoms with E-state index in [1.807, 2.05) is 11.6 Å². The highest BCUT2D eigenvalue weighted by molar-refractivity contribution is 5.08. The third-order valence-electron chi connectivity index (χ3n) is 1.69. The zero-order valence-electron chi connectivity index (χ0n) is 7.17. The molecule has 0 saturated carbocycles. The number of hydrogen-bond acceptors (Lipinski definition) is 2. The molecule has 1 rings (SSSR count). The van der Waals surface area contributed by atoms with Gasteiger partial charge in [0.25, 0.3) is 0 Å². The predicted molar refractivity (Wildman–Crippen MR) is 45.4 cm³/mol. The monoisotopic (exact) mass is 153 g/mol. The van der Waals surface area contributed by atoms with Crippen molar-refractivity contribution >= 4 is 0 Å². The van der Waals surface area contributed by atoms with Crippen LogP contribution >= 0.6 is 0 Å². The summed E-state index contributed by atoms with van der Waals surface area (Å²) in [7, 11) is 0. The fourth-order valence-corrected chi connectivity index (χ4v) is 1.20. The van der Waals surface area contributed by atoms with Gasteiger partial charge in [0.05, 0.1) is 12.2 Å². The smallest absolute Gasteiger partial charge is 0.0596 e. The lowest BCUT2D eigenvalue weighted by molar-refractivity contribution is 0.593. The van der Waals surface area contributed by atoms with Crippen molar-refractivity contribution in [2.75, 3.05) is 6.54 Å². The van der Waals surface area contributed by atoms with E-state index in [0.717, 1.165) is 18.7 Å². The molecule has 2 N–H and O–H groups in total. The molecule has 62 valence electrons. The highest BCUT2D eigenvalue weighted by Crippen LogP contribution is 2.03. The molecule has 0 amide bonds. The quantitative estimate of drug-likeness (QED) is 0.695. The summed E-state index contributed by atoms with van der Waals surface area (Å²) in [6, 6.07) is 2.11. The van der Waals surface area contributed by atoms with E-state index in [-0.39, 0.29) is 0 Å². The lowest BCUT2D eigenvalue weighted by Crippen LogP contribution is -2.13. The summed E-state index contributed by atoms with van der Waals surface area (Å²) in [4.78, 5) is 0. The van der Waals surface area contributed by atoms with Crippen LogP contribution in [0.3, 0.4) is 0 Å². The zero-order valence-corrected chi connectivity index (χ0v) is 7.17. The molecule has 0 radical (unpaired) electrons. The van der Waals surface area contributed by atoms with Crippen LogP contribution in [0, 0.1) is 6.92 Å². The molecule has 0 atom stereocenters. The Morgan fingerprint density at radius 2 is 2.36 bits per heavy atom.